The topological polar surface area (TPSA) is 124 Å². The van der Waals surface area contributed by atoms with Gasteiger partial charge in [0, 0.05) is 38.8 Å². The number of nitrogens with one attached hydrogen (secondary N) is 1. The minimum absolute atomic E-state index is 0. The van der Waals surface area contributed by atoms with Gasteiger partial charge < -0.3 is 24.3 Å². The molecule has 2 N–H and O–H groups in total. The first-order valence-electron chi connectivity index (χ1n) is 9.11. The van der Waals surface area contributed by atoms with Crippen LogP contribution in [0.15, 0.2) is 44.7 Å². The van der Waals surface area contributed by atoms with Crippen molar-refractivity contribution in [3.8, 4) is 0 Å². The van der Waals surface area contributed by atoms with E-state index < -0.39 is 16.1 Å². The molecule has 1 atom stereocenters. The average Bonchev–Trinajstić information content (AvgIpc) is 3.39. The molecule has 3 heterocycles. The average molecular weight is 539 g/mol. The number of guanidine groups is 1. The van der Waals surface area contributed by atoms with Gasteiger partial charge in [-0.15, -0.1) is 24.0 Å². The Hall–Kier alpha value is -1.64. The Kier molecular flexibility index (Phi) is 8.92. The molecule has 29 heavy (non-hydrogen) atoms. The van der Waals surface area contributed by atoms with Crippen LogP contribution in [0.2, 0.25) is 0 Å². The molecule has 0 radical (unpaired) electrons. The Morgan fingerprint density at radius 2 is 2.07 bits per heavy atom. The van der Waals surface area contributed by atoms with Crippen LogP contribution < -0.4 is 5.32 Å². The van der Waals surface area contributed by atoms with Crippen LogP contribution in [-0.2, 0) is 15.8 Å². The molecule has 1 saturated heterocycles. The Morgan fingerprint density at radius 3 is 2.66 bits per heavy atom. The molecule has 2 aromatic heterocycles. The first-order valence-corrected chi connectivity index (χ1v) is 10.7. The largest absolute Gasteiger partial charge is 0.467 e. The van der Waals surface area contributed by atoms with E-state index in [-0.39, 0.29) is 36.3 Å². The zero-order chi connectivity index (χ0) is 20.0. The fraction of sp³-hybridized carbons (Fsp3) is 0.529. The first-order chi connectivity index (χ1) is 13.5. The number of piperazine rings is 1. The summed E-state index contributed by atoms with van der Waals surface area (Å²) in [4.78, 5) is 6.46. The van der Waals surface area contributed by atoms with Crippen molar-refractivity contribution in [1.82, 2.24) is 19.7 Å². The van der Waals surface area contributed by atoms with Crippen LogP contribution in [0, 0.1) is 0 Å². The summed E-state index contributed by atoms with van der Waals surface area (Å²) in [6.45, 7) is 4.48. The number of aliphatic hydroxyl groups is 1. The van der Waals surface area contributed by atoms with E-state index in [0.29, 0.717) is 50.1 Å². The van der Waals surface area contributed by atoms with Crippen LogP contribution >= 0.6 is 24.0 Å². The van der Waals surface area contributed by atoms with Crippen LogP contribution in [0.1, 0.15) is 24.5 Å². The molecule has 1 unspecified atom stereocenters. The highest BCUT2D eigenvalue weighted by molar-refractivity contribution is 14.0. The lowest BCUT2D eigenvalue weighted by Gasteiger charge is -2.35. The van der Waals surface area contributed by atoms with E-state index in [1.807, 2.05) is 11.8 Å². The quantitative estimate of drug-likeness (QED) is 0.304. The first kappa shape index (κ1) is 23.6. The second-order valence-corrected chi connectivity index (χ2v) is 8.33. The Balaban J connectivity index is 0.00000300. The monoisotopic (exact) mass is 539 g/mol. The van der Waals surface area contributed by atoms with Gasteiger partial charge in [-0.25, -0.2) is 13.4 Å². The fourth-order valence-electron chi connectivity index (χ4n) is 2.94. The van der Waals surface area contributed by atoms with Crippen molar-refractivity contribution in [3.05, 3.63) is 42.2 Å². The molecule has 162 valence electrons. The van der Waals surface area contributed by atoms with Gasteiger partial charge in [-0.2, -0.15) is 4.31 Å². The van der Waals surface area contributed by atoms with Crippen molar-refractivity contribution in [2.45, 2.75) is 18.8 Å². The maximum atomic E-state index is 12.5. The summed E-state index contributed by atoms with van der Waals surface area (Å²) in [5, 5.41) is 17.0. The minimum Gasteiger partial charge on any atom is -0.467 e. The lowest BCUT2D eigenvalue weighted by atomic mass is 10.3. The van der Waals surface area contributed by atoms with Crippen LogP contribution in [0.5, 0.6) is 0 Å². The number of halogens is 1. The van der Waals surface area contributed by atoms with Crippen molar-refractivity contribution < 1.29 is 22.5 Å². The highest BCUT2D eigenvalue weighted by Crippen LogP contribution is 2.15. The molecule has 0 aliphatic carbocycles. The third kappa shape index (κ3) is 6.42. The van der Waals surface area contributed by atoms with Crippen LogP contribution in [-0.4, -0.2) is 73.1 Å². The standard InChI is InChI=1S/C17H25N5O5S.HI/c1-2-18-17(19-12-15(23)16-4-3-10-26-16)21-6-8-22(9-7-21)28(24,25)13-14-5-11-27-20-14;/h3-5,10-11,15,23H,2,6-9,12-13H2,1H3,(H,18,19);1H. The Morgan fingerprint density at radius 1 is 1.31 bits per heavy atom. The SMILES string of the molecule is CCNC(=NCC(O)c1ccco1)N1CCN(S(=O)(=O)Cc2ccon2)CC1.I. The van der Waals surface area contributed by atoms with E-state index >= 15 is 0 Å². The van der Waals surface area contributed by atoms with Crippen molar-refractivity contribution in [3.63, 3.8) is 0 Å². The van der Waals surface area contributed by atoms with Gasteiger partial charge in [0.15, 0.2) is 5.96 Å². The molecule has 0 amide bonds. The van der Waals surface area contributed by atoms with E-state index in [9.17, 15) is 13.5 Å². The van der Waals surface area contributed by atoms with Gasteiger partial charge in [0.25, 0.3) is 0 Å². The van der Waals surface area contributed by atoms with Gasteiger partial charge in [-0.3, -0.25) is 0 Å². The molecule has 0 aromatic carbocycles. The van der Waals surface area contributed by atoms with E-state index in [1.165, 1.54) is 16.8 Å². The lowest BCUT2D eigenvalue weighted by Crippen LogP contribution is -2.54. The highest BCUT2D eigenvalue weighted by Gasteiger charge is 2.29. The summed E-state index contributed by atoms with van der Waals surface area (Å²) in [6.07, 6.45) is 2.04. The predicted octanol–water partition coefficient (Wildman–Crippen LogP) is 1.03. The number of rotatable bonds is 7. The van der Waals surface area contributed by atoms with Crippen molar-refractivity contribution in [2.75, 3.05) is 39.3 Å². The number of hydrogen-bond acceptors (Lipinski definition) is 7. The molecular formula is C17H26IN5O5S. The zero-order valence-electron chi connectivity index (χ0n) is 16.1. The Labute approximate surface area is 187 Å². The third-order valence-electron chi connectivity index (χ3n) is 4.37. The van der Waals surface area contributed by atoms with E-state index in [4.69, 9.17) is 8.94 Å². The van der Waals surface area contributed by atoms with E-state index in [2.05, 4.69) is 15.5 Å². The molecule has 0 saturated carbocycles. The van der Waals surface area contributed by atoms with Gasteiger partial charge in [0.05, 0.1) is 18.5 Å². The second kappa shape index (κ2) is 10.9. The highest BCUT2D eigenvalue weighted by atomic mass is 127. The molecule has 1 fully saturated rings. The number of aromatic nitrogens is 1. The molecule has 1 aliphatic rings. The Bertz CT molecular complexity index is 849. The molecular weight excluding hydrogens is 513 g/mol. The van der Waals surface area contributed by atoms with Crippen LogP contribution in [0.4, 0.5) is 0 Å². The summed E-state index contributed by atoms with van der Waals surface area (Å²) >= 11 is 0. The third-order valence-corrected chi connectivity index (χ3v) is 6.19. The maximum Gasteiger partial charge on any atom is 0.220 e. The number of nitrogens with zero attached hydrogens (tertiary/aromatic N) is 4. The molecule has 2 aromatic rings. The summed E-state index contributed by atoms with van der Waals surface area (Å²) in [6, 6.07) is 4.96. The van der Waals surface area contributed by atoms with Crippen LogP contribution in [0.25, 0.3) is 0 Å². The number of aliphatic hydroxyl groups excluding tert-OH is 1. The lowest BCUT2D eigenvalue weighted by molar-refractivity contribution is 0.157. The molecule has 3 rings (SSSR count). The van der Waals surface area contributed by atoms with Gasteiger partial charge in [-0.1, -0.05) is 5.16 Å². The van der Waals surface area contributed by atoms with Gasteiger partial charge in [-0.05, 0) is 19.1 Å². The fourth-order valence-corrected chi connectivity index (χ4v) is 4.36. The number of aliphatic imine (C=N–C) groups is 1. The molecule has 12 heteroatoms. The maximum absolute atomic E-state index is 12.5. The van der Waals surface area contributed by atoms with Crippen LogP contribution in [0.3, 0.4) is 0 Å². The summed E-state index contributed by atoms with van der Waals surface area (Å²) < 4.78 is 36.4. The van der Waals surface area contributed by atoms with E-state index in [1.54, 1.807) is 18.2 Å². The molecule has 1 aliphatic heterocycles. The number of furan rings is 1. The minimum atomic E-state index is -3.45. The predicted molar refractivity (Wildman–Crippen MR) is 117 cm³/mol. The molecule has 10 nitrogen and oxygen atoms in total. The van der Waals surface area contributed by atoms with Crippen molar-refractivity contribution >= 4 is 40.0 Å². The summed E-state index contributed by atoms with van der Waals surface area (Å²) in [5.74, 6) is 0.928. The van der Waals surface area contributed by atoms with Crippen molar-refractivity contribution in [1.29, 1.82) is 0 Å². The summed E-state index contributed by atoms with van der Waals surface area (Å²) in [5.41, 5.74) is 0.393. The van der Waals surface area contributed by atoms with Gasteiger partial charge in [0.1, 0.15) is 23.9 Å². The summed E-state index contributed by atoms with van der Waals surface area (Å²) in [7, 11) is -3.45. The molecule has 0 bridgehead atoms. The number of hydrogen-bond donors (Lipinski definition) is 2. The number of sulfonamides is 1. The normalized spacial score (nSPS) is 17.0. The zero-order valence-corrected chi connectivity index (χ0v) is 19.2. The molecule has 0 spiro atoms. The van der Waals surface area contributed by atoms with Gasteiger partial charge in [0.2, 0.25) is 10.0 Å². The van der Waals surface area contributed by atoms with Crippen molar-refractivity contribution in [2.24, 2.45) is 4.99 Å². The van der Waals surface area contributed by atoms with Gasteiger partial charge >= 0.3 is 0 Å². The second-order valence-electron chi connectivity index (χ2n) is 6.36. The smallest absolute Gasteiger partial charge is 0.220 e. The van der Waals surface area contributed by atoms with E-state index in [0.717, 1.165) is 0 Å².